The van der Waals surface area contributed by atoms with Gasteiger partial charge in [-0.3, -0.25) is 5.10 Å². The third kappa shape index (κ3) is 3.30. The molecule has 90 valence electrons. The van der Waals surface area contributed by atoms with Gasteiger partial charge in [0.2, 0.25) is 0 Å². The number of esters is 1. The summed E-state index contributed by atoms with van der Waals surface area (Å²) in [5.74, 6) is 0.0630. The molecule has 1 rings (SSSR count). The Morgan fingerprint density at radius 1 is 1.56 bits per heavy atom. The van der Waals surface area contributed by atoms with Gasteiger partial charge in [-0.2, -0.15) is 0 Å². The number of hydrogen-bond acceptors (Lipinski definition) is 5. The number of nitrogens with zero attached hydrogens (tertiary/aromatic N) is 2. The summed E-state index contributed by atoms with van der Waals surface area (Å²) in [6.07, 6.45) is 2.93. The lowest BCUT2D eigenvalue weighted by Crippen LogP contribution is -2.12. The number of nitrogens with two attached hydrogens (primary N) is 1. The molecule has 1 aromatic heterocycles. The van der Waals surface area contributed by atoms with Crippen molar-refractivity contribution in [1.82, 2.24) is 15.2 Å². The van der Waals surface area contributed by atoms with Crippen LogP contribution in [0.25, 0.3) is 0 Å². The number of aromatic amines is 1. The Morgan fingerprint density at radius 2 is 2.31 bits per heavy atom. The van der Waals surface area contributed by atoms with Gasteiger partial charge in [-0.25, -0.2) is 9.78 Å². The summed E-state index contributed by atoms with van der Waals surface area (Å²) in [7, 11) is 0. The van der Waals surface area contributed by atoms with Crippen LogP contribution in [-0.4, -0.2) is 27.8 Å². The molecule has 6 nitrogen and oxygen atoms in total. The molecular weight excluding hydrogens is 208 g/mol. The first-order valence-corrected chi connectivity index (χ1v) is 5.54. The number of rotatable bonds is 6. The Bertz CT molecular complexity index is 337. The molecule has 0 spiro atoms. The zero-order chi connectivity index (χ0) is 12.0. The summed E-state index contributed by atoms with van der Waals surface area (Å²) in [5.41, 5.74) is 5.88. The van der Waals surface area contributed by atoms with Crippen LogP contribution in [0, 0.1) is 0 Å². The molecule has 0 saturated carbocycles. The Balaban J connectivity index is 2.59. The molecule has 0 aliphatic carbocycles. The molecule has 1 atom stereocenters. The zero-order valence-corrected chi connectivity index (χ0v) is 9.69. The molecule has 1 heterocycles. The molecule has 3 N–H and O–H groups in total. The maximum atomic E-state index is 11.3. The summed E-state index contributed by atoms with van der Waals surface area (Å²) < 4.78 is 4.78. The van der Waals surface area contributed by atoms with E-state index in [1.807, 2.05) is 0 Å². The first-order chi connectivity index (χ1) is 7.69. The van der Waals surface area contributed by atoms with E-state index in [4.69, 9.17) is 10.5 Å². The van der Waals surface area contributed by atoms with Crippen molar-refractivity contribution in [2.75, 3.05) is 6.61 Å². The van der Waals surface area contributed by atoms with E-state index in [0.29, 0.717) is 12.4 Å². The van der Waals surface area contributed by atoms with Gasteiger partial charge in [-0.15, -0.1) is 5.10 Å². The summed E-state index contributed by atoms with van der Waals surface area (Å²) >= 11 is 0. The smallest absolute Gasteiger partial charge is 0.378 e. The fraction of sp³-hybridized carbons (Fsp3) is 0.700. The maximum absolute atomic E-state index is 11.3. The van der Waals surface area contributed by atoms with Gasteiger partial charge in [0, 0.05) is 0 Å². The van der Waals surface area contributed by atoms with Crippen molar-refractivity contribution < 1.29 is 9.53 Å². The molecule has 0 aliphatic heterocycles. The fourth-order valence-corrected chi connectivity index (χ4v) is 1.29. The minimum atomic E-state index is -0.521. The van der Waals surface area contributed by atoms with E-state index in [1.54, 1.807) is 6.92 Å². The predicted molar refractivity (Wildman–Crippen MR) is 58.8 cm³/mol. The van der Waals surface area contributed by atoms with Crippen LogP contribution in [-0.2, 0) is 4.74 Å². The predicted octanol–water partition coefficient (Wildman–Crippen LogP) is 1.17. The second-order valence-corrected chi connectivity index (χ2v) is 3.51. The second-order valence-electron chi connectivity index (χ2n) is 3.51. The van der Waals surface area contributed by atoms with Crippen LogP contribution >= 0.6 is 0 Å². The summed E-state index contributed by atoms with van der Waals surface area (Å²) in [6, 6.07) is -0.198. The number of nitrogens with one attached hydrogen (secondary N) is 1. The molecule has 0 saturated heterocycles. The highest BCUT2D eigenvalue weighted by atomic mass is 16.5. The average Bonchev–Trinajstić information content (AvgIpc) is 2.75. The monoisotopic (exact) mass is 226 g/mol. The zero-order valence-electron chi connectivity index (χ0n) is 9.69. The number of H-pyrrole nitrogens is 1. The second kappa shape index (κ2) is 6.22. The summed E-state index contributed by atoms with van der Waals surface area (Å²) in [6.45, 7) is 4.14. The van der Waals surface area contributed by atoms with Gasteiger partial charge in [0.15, 0.2) is 0 Å². The topological polar surface area (TPSA) is 93.9 Å². The van der Waals surface area contributed by atoms with Gasteiger partial charge >= 0.3 is 5.97 Å². The van der Waals surface area contributed by atoms with E-state index in [9.17, 15) is 4.79 Å². The molecule has 0 radical (unpaired) electrons. The van der Waals surface area contributed by atoms with E-state index < -0.39 is 5.97 Å². The SMILES string of the molecule is CCCC[C@H](N)c1nc(C(=O)OCC)n[nH]1. The first-order valence-electron chi connectivity index (χ1n) is 5.54. The van der Waals surface area contributed by atoms with Crippen LogP contribution in [0.5, 0.6) is 0 Å². The van der Waals surface area contributed by atoms with Gasteiger partial charge in [0.05, 0.1) is 12.6 Å². The molecule has 1 aromatic rings. The number of ether oxygens (including phenoxy) is 1. The Labute approximate surface area is 94.6 Å². The average molecular weight is 226 g/mol. The number of unbranched alkanes of at least 4 members (excludes halogenated alkanes) is 1. The molecule has 0 fully saturated rings. The van der Waals surface area contributed by atoms with Crippen LogP contribution in [0.4, 0.5) is 0 Å². The van der Waals surface area contributed by atoms with Gasteiger partial charge in [0.25, 0.3) is 5.82 Å². The minimum absolute atomic E-state index is 0.0452. The van der Waals surface area contributed by atoms with E-state index >= 15 is 0 Å². The van der Waals surface area contributed by atoms with Crippen molar-refractivity contribution in [3.63, 3.8) is 0 Å². The molecule has 0 unspecified atom stereocenters. The molecule has 16 heavy (non-hydrogen) atoms. The molecule has 0 aromatic carbocycles. The van der Waals surface area contributed by atoms with Gasteiger partial charge in [-0.1, -0.05) is 19.8 Å². The van der Waals surface area contributed by atoms with Crippen LogP contribution < -0.4 is 5.73 Å². The molecule has 0 amide bonds. The highest BCUT2D eigenvalue weighted by Crippen LogP contribution is 2.12. The fourth-order valence-electron chi connectivity index (χ4n) is 1.29. The highest BCUT2D eigenvalue weighted by molar-refractivity contribution is 5.84. The van der Waals surface area contributed by atoms with Gasteiger partial charge in [0.1, 0.15) is 5.82 Å². The van der Waals surface area contributed by atoms with E-state index in [2.05, 4.69) is 22.1 Å². The van der Waals surface area contributed by atoms with Gasteiger partial charge < -0.3 is 10.5 Å². The largest absolute Gasteiger partial charge is 0.460 e. The lowest BCUT2D eigenvalue weighted by atomic mass is 10.1. The third-order valence-corrected chi connectivity index (χ3v) is 2.18. The van der Waals surface area contributed by atoms with E-state index in [0.717, 1.165) is 19.3 Å². The Morgan fingerprint density at radius 3 is 2.94 bits per heavy atom. The number of carbonyl (C=O) groups excluding carboxylic acids is 1. The Kier molecular flexibility index (Phi) is 4.91. The minimum Gasteiger partial charge on any atom is -0.460 e. The van der Waals surface area contributed by atoms with Crippen molar-refractivity contribution >= 4 is 5.97 Å². The molecule has 0 aliphatic rings. The van der Waals surface area contributed by atoms with Crippen molar-refractivity contribution in [3.05, 3.63) is 11.6 Å². The lowest BCUT2D eigenvalue weighted by Gasteiger charge is -2.05. The standard InChI is InChI=1S/C10H18N4O2/c1-3-5-6-7(11)8-12-9(14-13-8)10(15)16-4-2/h7H,3-6,11H2,1-2H3,(H,12,13,14)/t7-/m0/s1. The number of carbonyl (C=O) groups is 1. The van der Waals surface area contributed by atoms with Crippen LogP contribution in [0.2, 0.25) is 0 Å². The maximum Gasteiger partial charge on any atom is 0.378 e. The highest BCUT2D eigenvalue weighted by Gasteiger charge is 2.16. The normalized spacial score (nSPS) is 12.4. The quantitative estimate of drug-likeness (QED) is 0.710. The van der Waals surface area contributed by atoms with Crippen LogP contribution in [0.3, 0.4) is 0 Å². The Hall–Kier alpha value is -1.43. The molecule has 6 heteroatoms. The van der Waals surface area contributed by atoms with Crippen LogP contribution in [0.15, 0.2) is 0 Å². The van der Waals surface area contributed by atoms with Crippen molar-refractivity contribution in [3.8, 4) is 0 Å². The number of aromatic nitrogens is 3. The van der Waals surface area contributed by atoms with Crippen molar-refractivity contribution in [2.24, 2.45) is 5.73 Å². The first kappa shape index (κ1) is 12.6. The lowest BCUT2D eigenvalue weighted by molar-refractivity contribution is 0.0512. The third-order valence-electron chi connectivity index (χ3n) is 2.18. The van der Waals surface area contributed by atoms with Crippen molar-refractivity contribution in [1.29, 1.82) is 0 Å². The van der Waals surface area contributed by atoms with E-state index in [1.165, 1.54) is 0 Å². The number of hydrogen-bond donors (Lipinski definition) is 2. The van der Waals surface area contributed by atoms with E-state index in [-0.39, 0.29) is 11.9 Å². The van der Waals surface area contributed by atoms with Crippen LogP contribution in [0.1, 0.15) is 55.6 Å². The molecular formula is C10H18N4O2. The van der Waals surface area contributed by atoms with Gasteiger partial charge in [-0.05, 0) is 13.3 Å². The summed E-state index contributed by atoms with van der Waals surface area (Å²) in [5, 5.41) is 6.44. The van der Waals surface area contributed by atoms with Crippen molar-refractivity contribution in [2.45, 2.75) is 39.2 Å². The molecule has 0 bridgehead atoms. The summed E-state index contributed by atoms with van der Waals surface area (Å²) in [4.78, 5) is 15.3.